The van der Waals surface area contributed by atoms with E-state index in [1.165, 1.54) is 12.8 Å². The van der Waals surface area contributed by atoms with Crippen LogP contribution in [-0.2, 0) is 0 Å². The van der Waals surface area contributed by atoms with E-state index in [1.807, 2.05) is 0 Å². The van der Waals surface area contributed by atoms with Crippen molar-refractivity contribution in [1.82, 2.24) is 10.2 Å². The molecule has 0 aliphatic heterocycles. The molecule has 0 aromatic heterocycles. The van der Waals surface area contributed by atoms with E-state index in [0.29, 0.717) is 11.8 Å². The molecule has 0 heterocycles. The van der Waals surface area contributed by atoms with Gasteiger partial charge in [0.25, 0.3) is 0 Å². The van der Waals surface area contributed by atoms with Gasteiger partial charge in [-0.3, -0.25) is 4.99 Å². The Morgan fingerprint density at radius 3 is 2.50 bits per heavy atom. The predicted octanol–water partition coefficient (Wildman–Crippen LogP) is 2.73. The van der Waals surface area contributed by atoms with Gasteiger partial charge in [0.15, 0.2) is 5.96 Å². The summed E-state index contributed by atoms with van der Waals surface area (Å²) in [7, 11) is 2.10. The van der Waals surface area contributed by atoms with Crippen LogP contribution in [0.5, 0.6) is 0 Å². The Balaban J connectivity index is 4.53. The van der Waals surface area contributed by atoms with Crippen molar-refractivity contribution in [3.63, 3.8) is 0 Å². The Bertz CT molecular complexity index is 254. The third-order valence-corrected chi connectivity index (χ3v) is 3.38. The van der Waals surface area contributed by atoms with Crippen LogP contribution in [0.2, 0.25) is 0 Å². The molecule has 0 spiro atoms. The molecule has 1 unspecified atom stereocenters. The fraction of sp³-hybridized carbons (Fsp3) is 0.938. The van der Waals surface area contributed by atoms with Gasteiger partial charge in [0, 0.05) is 33.3 Å². The van der Waals surface area contributed by atoms with Crippen molar-refractivity contribution in [1.29, 1.82) is 0 Å². The third kappa shape index (κ3) is 9.18. The summed E-state index contributed by atoms with van der Waals surface area (Å²) in [6.07, 6.45) is 4.36. The summed E-state index contributed by atoms with van der Waals surface area (Å²) in [6.45, 7) is 11.8. The van der Waals surface area contributed by atoms with E-state index in [2.05, 4.69) is 45.0 Å². The van der Waals surface area contributed by atoms with E-state index < -0.39 is 0 Å². The Hall–Kier alpha value is -0.770. The van der Waals surface area contributed by atoms with Gasteiger partial charge in [-0.25, -0.2) is 0 Å². The van der Waals surface area contributed by atoms with Gasteiger partial charge < -0.3 is 15.3 Å². The maximum Gasteiger partial charge on any atom is 0.193 e. The molecule has 0 aromatic carbocycles. The molecule has 0 bridgehead atoms. The van der Waals surface area contributed by atoms with Crippen LogP contribution in [0.15, 0.2) is 4.99 Å². The van der Waals surface area contributed by atoms with Crippen LogP contribution < -0.4 is 5.32 Å². The number of aliphatic imine (C=N–C) groups is 1. The van der Waals surface area contributed by atoms with Crippen molar-refractivity contribution in [2.24, 2.45) is 16.8 Å². The van der Waals surface area contributed by atoms with Gasteiger partial charge in [0.05, 0.1) is 0 Å². The maximum atomic E-state index is 9.17. The Morgan fingerprint density at radius 1 is 1.30 bits per heavy atom. The smallest absolute Gasteiger partial charge is 0.193 e. The first-order chi connectivity index (χ1) is 9.54. The summed E-state index contributed by atoms with van der Waals surface area (Å²) in [5, 5.41) is 12.5. The van der Waals surface area contributed by atoms with Gasteiger partial charge >= 0.3 is 0 Å². The number of nitrogens with zero attached hydrogens (tertiary/aromatic N) is 2. The summed E-state index contributed by atoms with van der Waals surface area (Å²) in [6, 6.07) is 0. The summed E-state index contributed by atoms with van der Waals surface area (Å²) in [5.41, 5.74) is 0. The maximum absolute atomic E-state index is 9.17. The zero-order valence-corrected chi connectivity index (χ0v) is 14.2. The van der Waals surface area contributed by atoms with Crippen LogP contribution in [-0.4, -0.2) is 49.3 Å². The molecule has 2 N–H and O–H groups in total. The van der Waals surface area contributed by atoms with Crippen LogP contribution in [0.25, 0.3) is 0 Å². The molecule has 4 nitrogen and oxygen atoms in total. The molecule has 0 aliphatic carbocycles. The number of nitrogens with one attached hydrogen (secondary N) is 1. The number of aliphatic hydroxyl groups excluding tert-OH is 1. The molecular weight excluding hydrogens is 250 g/mol. The molecule has 120 valence electrons. The van der Waals surface area contributed by atoms with E-state index in [-0.39, 0.29) is 6.61 Å². The first-order valence-corrected chi connectivity index (χ1v) is 8.15. The largest absolute Gasteiger partial charge is 0.396 e. The highest BCUT2D eigenvalue weighted by atomic mass is 16.3. The van der Waals surface area contributed by atoms with Crippen LogP contribution in [0, 0.1) is 11.8 Å². The molecule has 0 fully saturated rings. The standard InChI is InChI=1S/C16H35N3O/c1-6-8-10-19(5)16(17-7-2)18-13-15(9-11-20)12-14(3)4/h14-15,20H,6-13H2,1-5H3,(H,17,18). The number of hydrogen-bond donors (Lipinski definition) is 2. The number of guanidine groups is 1. The fourth-order valence-electron chi connectivity index (χ4n) is 2.32. The van der Waals surface area contributed by atoms with Crippen molar-refractivity contribution in [2.45, 2.75) is 53.4 Å². The second kappa shape index (κ2) is 12.0. The first kappa shape index (κ1) is 19.2. The molecule has 0 saturated heterocycles. The monoisotopic (exact) mass is 285 g/mol. The van der Waals surface area contributed by atoms with Gasteiger partial charge in [-0.15, -0.1) is 0 Å². The average Bonchev–Trinajstić information content (AvgIpc) is 2.40. The van der Waals surface area contributed by atoms with Crippen LogP contribution in [0.3, 0.4) is 0 Å². The van der Waals surface area contributed by atoms with Gasteiger partial charge in [0.2, 0.25) is 0 Å². The highest BCUT2D eigenvalue weighted by Crippen LogP contribution is 2.15. The lowest BCUT2D eigenvalue weighted by Gasteiger charge is -2.23. The highest BCUT2D eigenvalue weighted by Gasteiger charge is 2.11. The molecule has 0 amide bonds. The van der Waals surface area contributed by atoms with Crippen molar-refractivity contribution < 1.29 is 5.11 Å². The minimum atomic E-state index is 0.259. The molecule has 20 heavy (non-hydrogen) atoms. The zero-order chi connectivity index (χ0) is 15.4. The lowest BCUT2D eigenvalue weighted by Crippen LogP contribution is -2.39. The molecule has 0 rings (SSSR count). The van der Waals surface area contributed by atoms with E-state index in [9.17, 15) is 0 Å². The number of unbranched alkanes of at least 4 members (excludes halogenated alkanes) is 1. The van der Waals surface area contributed by atoms with E-state index >= 15 is 0 Å². The minimum Gasteiger partial charge on any atom is -0.396 e. The fourth-order valence-corrected chi connectivity index (χ4v) is 2.32. The lowest BCUT2D eigenvalue weighted by molar-refractivity contribution is 0.245. The molecular formula is C16H35N3O. The van der Waals surface area contributed by atoms with Crippen molar-refractivity contribution in [2.75, 3.05) is 33.3 Å². The second-order valence-corrected chi connectivity index (χ2v) is 5.98. The Morgan fingerprint density at radius 2 is 2.00 bits per heavy atom. The van der Waals surface area contributed by atoms with Crippen LogP contribution >= 0.6 is 0 Å². The van der Waals surface area contributed by atoms with Crippen molar-refractivity contribution >= 4 is 5.96 Å². The number of aliphatic hydroxyl groups is 1. The van der Waals surface area contributed by atoms with Crippen LogP contribution in [0.4, 0.5) is 0 Å². The normalized spacial score (nSPS) is 13.7. The molecule has 4 heteroatoms. The van der Waals surface area contributed by atoms with Gasteiger partial charge in [-0.1, -0.05) is 27.2 Å². The van der Waals surface area contributed by atoms with Crippen molar-refractivity contribution in [3.05, 3.63) is 0 Å². The summed E-state index contributed by atoms with van der Waals surface area (Å²) in [4.78, 5) is 6.97. The molecule has 0 saturated carbocycles. The molecule has 1 atom stereocenters. The van der Waals surface area contributed by atoms with Gasteiger partial charge in [-0.2, -0.15) is 0 Å². The number of rotatable bonds is 10. The van der Waals surface area contributed by atoms with Gasteiger partial charge in [-0.05, 0) is 38.0 Å². The summed E-state index contributed by atoms with van der Waals surface area (Å²) < 4.78 is 0. The Labute approximate surface area is 125 Å². The predicted molar refractivity (Wildman–Crippen MR) is 88.2 cm³/mol. The number of hydrogen-bond acceptors (Lipinski definition) is 2. The van der Waals surface area contributed by atoms with E-state index in [0.717, 1.165) is 38.4 Å². The third-order valence-electron chi connectivity index (χ3n) is 3.38. The average molecular weight is 285 g/mol. The molecule has 0 aromatic rings. The topological polar surface area (TPSA) is 47.9 Å². The first-order valence-electron chi connectivity index (χ1n) is 8.15. The summed E-state index contributed by atoms with van der Waals surface area (Å²) >= 11 is 0. The summed E-state index contributed by atoms with van der Waals surface area (Å²) in [5.74, 6) is 2.13. The quantitative estimate of drug-likeness (QED) is 0.479. The second-order valence-electron chi connectivity index (χ2n) is 5.98. The molecule has 0 radical (unpaired) electrons. The molecule has 0 aliphatic rings. The van der Waals surface area contributed by atoms with Gasteiger partial charge in [0.1, 0.15) is 0 Å². The van der Waals surface area contributed by atoms with Crippen LogP contribution in [0.1, 0.15) is 53.4 Å². The highest BCUT2D eigenvalue weighted by molar-refractivity contribution is 5.79. The van der Waals surface area contributed by atoms with Crippen molar-refractivity contribution in [3.8, 4) is 0 Å². The lowest BCUT2D eigenvalue weighted by atomic mass is 9.94. The minimum absolute atomic E-state index is 0.259. The SMILES string of the molecule is CCCCN(C)C(=NCC(CCO)CC(C)C)NCC. The van der Waals surface area contributed by atoms with E-state index in [1.54, 1.807) is 0 Å². The van der Waals surface area contributed by atoms with E-state index in [4.69, 9.17) is 10.1 Å². The zero-order valence-electron chi connectivity index (χ0n) is 14.2. The Kier molecular flexibility index (Phi) is 11.5.